The van der Waals surface area contributed by atoms with E-state index in [-0.39, 0.29) is 12.3 Å². The summed E-state index contributed by atoms with van der Waals surface area (Å²) < 4.78 is 33.6. The molecular weight excluding hydrogens is 444 g/mol. The second kappa shape index (κ2) is 11.2. The van der Waals surface area contributed by atoms with Gasteiger partial charge in [-0.3, -0.25) is 4.79 Å². The van der Waals surface area contributed by atoms with E-state index in [4.69, 9.17) is 4.74 Å². The van der Waals surface area contributed by atoms with Crippen molar-refractivity contribution in [1.29, 1.82) is 0 Å². The third-order valence-electron chi connectivity index (χ3n) is 5.55. The van der Waals surface area contributed by atoms with Crippen LogP contribution < -0.4 is 19.7 Å². The van der Waals surface area contributed by atoms with E-state index in [2.05, 4.69) is 10.0 Å². The van der Waals surface area contributed by atoms with Gasteiger partial charge in [0.2, 0.25) is 5.91 Å². The number of hydrogen-bond acceptors (Lipinski definition) is 5. The molecule has 33 heavy (non-hydrogen) atoms. The van der Waals surface area contributed by atoms with Crippen LogP contribution in [0.1, 0.15) is 24.8 Å². The van der Waals surface area contributed by atoms with E-state index in [9.17, 15) is 18.0 Å². The highest BCUT2D eigenvalue weighted by Crippen LogP contribution is 2.19. The molecule has 1 atom stereocenters. The van der Waals surface area contributed by atoms with Gasteiger partial charge >= 0.3 is 16.2 Å². The maximum atomic E-state index is 13.3. The van der Waals surface area contributed by atoms with Crippen LogP contribution in [-0.2, 0) is 21.4 Å². The van der Waals surface area contributed by atoms with Crippen LogP contribution in [0.15, 0.2) is 54.6 Å². The monoisotopic (exact) mass is 474 g/mol. The van der Waals surface area contributed by atoms with E-state index in [0.29, 0.717) is 24.5 Å². The average molecular weight is 475 g/mol. The predicted octanol–water partition coefficient (Wildman–Crippen LogP) is 2.30. The maximum absolute atomic E-state index is 13.3. The molecule has 1 aliphatic rings. The summed E-state index contributed by atoms with van der Waals surface area (Å²) in [5.74, 6) is 0.274. The Morgan fingerprint density at radius 1 is 1.03 bits per heavy atom. The summed E-state index contributed by atoms with van der Waals surface area (Å²) in [6.07, 6.45) is 2.68. The van der Waals surface area contributed by atoms with Gasteiger partial charge in [0.1, 0.15) is 11.8 Å². The summed E-state index contributed by atoms with van der Waals surface area (Å²) >= 11 is 0. The number of likely N-dealkylation sites (N-methyl/N-ethyl adjacent to an activating group) is 1. The summed E-state index contributed by atoms with van der Waals surface area (Å²) in [6.45, 7) is 0.740. The number of methoxy groups -OCH3 is 1. The molecule has 0 spiro atoms. The molecule has 1 aliphatic heterocycles. The Labute approximate surface area is 194 Å². The Morgan fingerprint density at radius 2 is 1.67 bits per heavy atom. The molecule has 1 unspecified atom stereocenters. The van der Waals surface area contributed by atoms with Gasteiger partial charge < -0.3 is 15.0 Å². The zero-order valence-corrected chi connectivity index (χ0v) is 19.7. The molecule has 2 aromatic carbocycles. The lowest BCUT2D eigenvalue weighted by atomic mass is 10.0. The number of rotatable bonds is 8. The zero-order chi connectivity index (χ0) is 23.8. The van der Waals surface area contributed by atoms with E-state index in [1.165, 1.54) is 9.21 Å². The molecule has 1 fully saturated rings. The maximum Gasteiger partial charge on any atom is 0.330 e. The standard InChI is InChI=1S/C23H30N4O5S/c1-26(19-11-13-20(32-2)14-12-19)22(28)21(17-18-9-5-3-6-10-18)24-23(29)25-33(30,31)27-15-7-4-8-16-27/h3,5-6,9-14,21H,4,7-8,15-17H2,1-2H3,(H2,24,25,29). The molecule has 1 saturated heterocycles. The lowest BCUT2D eigenvalue weighted by Crippen LogP contribution is -2.55. The van der Waals surface area contributed by atoms with Crippen molar-refractivity contribution >= 4 is 27.8 Å². The lowest BCUT2D eigenvalue weighted by Gasteiger charge is -2.27. The number of anilines is 1. The highest BCUT2D eigenvalue weighted by Gasteiger charge is 2.29. The molecule has 9 nitrogen and oxygen atoms in total. The molecule has 0 aromatic heterocycles. The van der Waals surface area contributed by atoms with Crippen molar-refractivity contribution in [1.82, 2.24) is 14.3 Å². The molecular formula is C23H30N4O5S. The first-order valence-corrected chi connectivity index (χ1v) is 12.3. The number of nitrogens with zero attached hydrogens (tertiary/aromatic N) is 2. The van der Waals surface area contributed by atoms with Crippen LogP contribution in [0.5, 0.6) is 5.75 Å². The van der Waals surface area contributed by atoms with E-state index in [1.807, 2.05) is 30.3 Å². The van der Waals surface area contributed by atoms with Crippen LogP contribution >= 0.6 is 0 Å². The van der Waals surface area contributed by atoms with Gasteiger partial charge in [-0.1, -0.05) is 36.8 Å². The fourth-order valence-corrected chi connectivity index (χ4v) is 4.85. The minimum atomic E-state index is -3.97. The predicted molar refractivity (Wildman–Crippen MR) is 126 cm³/mol. The summed E-state index contributed by atoms with van der Waals surface area (Å²) in [4.78, 5) is 27.4. The molecule has 0 bridgehead atoms. The van der Waals surface area contributed by atoms with Crippen molar-refractivity contribution < 1.29 is 22.7 Å². The molecule has 10 heteroatoms. The summed E-state index contributed by atoms with van der Waals surface area (Å²) in [5.41, 5.74) is 1.44. The number of nitrogens with one attached hydrogen (secondary N) is 2. The van der Waals surface area contributed by atoms with E-state index in [0.717, 1.165) is 24.8 Å². The lowest BCUT2D eigenvalue weighted by molar-refractivity contribution is -0.120. The van der Waals surface area contributed by atoms with E-state index >= 15 is 0 Å². The SMILES string of the molecule is COc1ccc(N(C)C(=O)C(Cc2ccccc2)NC(=O)NS(=O)(=O)N2CCCCC2)cc1. The number of piperidine rings is 1. The van der Waals surface area contributed by atoms with Crippen molar-refractivity contribution in [2.24, 2.45) is 0 Å². The molecule has 3 rings (SSSR count). The third kappa shape index (κ3) is 6.69. The minimum Gasteiger partial charge on any atom is -0.497 e. The topological polar surface area (TPSA) is 108 Å². The Balaban J connectivity index is 1.75. The van der Waals surface area contributed by atoms with Crippen LogP contribution in [0, 0.1) is 0 Å². The first kappa shape index (κ1) is 24.5. The van der Waals surface area contributed by atoms with Crippen LogP contribution in [-0.4, -0.2) is 58.0 Å². The molecule has 1 heterocycles. The van der Waals surface area contributed by atoms with Crippen molar-refractivity contribution in [2.45, 2.75) is 31.7 Å². The van der Waals surface area contributed by atoms with E-state index in [1.54, 1.807) is 38.4 Å². The van der Waals surface area contributed by atoms with Gasteiger partial charge in [-0.15, -0.1) is 0 Å². The van der Waals surface area contributed by atoms with Gasteiger partial charge in [-0.25, -0.2) is 9.52 Å². The zero-order valence-electron chi connectivity index (χ0n) is 18.9. The Hall–Kier alpha value is -3.11. The van der Waals surface area contributed by atoms with Crippen LogP contribution in [0.4, 0.5) is 10.5 Å². The van der Waals surface area contributed by atoms with Crippen LogP contribution in [0.3, 0.4) is 0 Å². The van der Waals surface area contributed by atoms with Crippen molar-refractivity contribution in [3.05, 3.63) is 60.2 Å². The fraction of sp³-hybridized carbons (Fsp3) is 0.391. The molecule has 0 aliphatic carbocycles. The average Bonchev–Trinajstić information content (AvgIpc) is 2.83. The van der Waals surface area contributed by atoms with Gasteiger partial charge in [-0.05, 0) is 42.7 Å². The molecule has 178 valence electrons. The van der Waals surface area contributed by atoms with Gasteiger partial charge in [0.05, 0.1) is 7.11 Å². The first-order chi connectivity index (χ1) is 15.8. The fourth-order valence-electron chi connectivity index (χ4n) is 3.69. The van der Waals surface area contributed by atoms with Gasteiger partial charge in [0.15, 0.2) is 0 Å². The Bertz CT molecular complexity index is 1040. The normalized spacial score (nSPS) is 15.3. The second-order valence-electron chi connectivity index (χ2n) is 7.88. The summed E-state index contributed by atoms with van der Waals surface area (Å²) in [7, 11) is -0.815. The first-order valence-electron chi connectivity index (χ1n) is 10.8. The summed E-state index contributed by atoms with van der Waals surface area (Å²) in [6, 6.07) is 14.2. The van der Waals surface area contributed by atoms with Crippen molar-refractivity contribution in [2.75, 3.05) is 32.1 Å². The molecule has 2 N–H and O–H groups in total. The number of hydrogen-bond donors (Lipinski definition) is 2. The Kier molecular flexibility index (Phi) is 8.29. The largest absolute Gasteiger partial charge is 0.497 e. The highest BCUT2D eigenvalue weighted by atomic mass is 32.2. The third-order valence-corrected chi connectivity index (χ3v) is 7.04. The van der Waals surface area contributed by atoms with E-state index < -0.39 is 22.3 Å². The Morgan fingerprint density at radius 3 is 2.27 bits per heavy atom. The van der Waals surface area contributed by atoms with Gasteiger partial charge in [0.25, 0.3) is 0 Å². The number of carbonyl (C=O) groups excluding carboxylic acids is 2. The quantitative estimate of drug-likeness (QED) is 0.610. The molecule has 2 aromatic rings. The van der Waals surface area contributed by atoms with Crippen LogP contribution in [0.25, 0.3) is 0 Å². The number of carbonyl (C=O) groups is 2. The van der Waals surface area contributed by atoms with Crippen LogP contribution in [0.2, 0.25) is 0 Å². The van der Waals surface area contributed by atoms with Crippen molar-refractivity contribution in [3.63, 3.8) is 0 Å². The molecule has 0 saturated carbocycles. The highest BCUT2D eigenvalue weighted by molar-refractivity contribution is 7.87. The molecule has 0 radical (unpaired) electrons. The number of ether oxygens (including phenoxy) is 1. The van der Waals surface area contributed by atoms with Gasteiger partial charge in [-0.2, -0.15) is 12.7 Å². The number of urea groups is 1. The smallest absolute Gasteiger partial charge is 0.330 e. The number of benzene rings is 2. The summed E-state index contributed by atoms with van der Waals surface area (Å²) in [5, 5.41) is 2.56. The second-order valence-corrected chi connectivity index (χ2v) is 9.55. The molecule has 3 amide bonds. The van der Waals surface area contributed by atoms with Crippen molar-refractivity contribution in [3.8, 4) is 5.75 Å². The minimum absolute atomic E-state index is 0.206. The number of amides is 3. The van der Waals surface area contributed by atoms with Gasteiger partial charge in [0, 0.05) is 32.2 Å².